The standard InChI is InChI=1S/C30H33N3O3/c1-3-20-13-22-15-24(16-23(22)14-21(20)4-2)32-17-27(34)25-5-7-28(30-26(25)6-8-29(35)33-30)36-18-19-9-11-31-12-10-19/h5-14,24,27,32,34H,3-4,15-18H2,1-2H3,(H,33,35). The molecule has 6 nitrogen and oxygen atoms in total. The molecule has 36 heavy (non-hydrogen) atoms. The lowest BCUT2D eigenvalue weighted by molar-refractivity contribution is 0.171. The maximum absolute atomic E-state index is 12.1. The summed E-state index contributed by atoms with van der Waals surface area (Å²) < 4.78 is 6.01. The summed E-state index contributed by atoms with van der Waals surface area (Å²) in [7, 11) is 0. The van der Waals surface area contributed by atoms with Gasteiger partial charge in [0.25, 0.3) is 0 Å². The van der Waals surface area contributed by atoms with Crippen LogP contribution in [-0.2, 0) is 32.3 Å². The fourth-order valence-electron chi connectivity index (χ4n) is 5.26. The normalized spacial score (nSPS) is 14.2. The fraction of sp³-hybridized carbons (Fsp3) is 0.333. The van der Waals surface area contributed by atoms with Gasteiger partial charge in [0.1, 0.15) is 12.4 Å². The van der Waals surface area contributed by atoms with Crippen LogP contribution in [0.15, 0.2) is 65.7 Å². The van der Waals surface area contributed by atoms with Gasteiger partial charge in [0, 0.05) is 36.4 Å². The number of aromatic amines is 1. The minimum atomic E-state index is -0.714. The summed E-state index contributed by atoms with van der Waals surface area (Å²) in [5, 5.41) is 15.5. The van der Waals surface area contributed by atoms with Gasteiger partial charge in [0.15, 0.2) is 0 Å². The maximum Gasteiger partial charge on any atom is 0.248 e. The number of aromatic nitrogens is 2. The third-order valence-corrected chi connectivity index (χ3v) is 7.21. The first kappa shape index (κ1) is 24.2. The number of H-pyrrole nitrogens is 1. The Balaban J connectivity index is 1.30. The van der Waals surface area contributed by atoms with Crippen molar-refractivity contribution in [3.05, 3.63) is 105 Å². The summed E-state index contributed by atoms with van der Waals surface area (Å²) in [6.45, 7) is 5.23. The minimum Gasteiger partial charge on any atom is -0.487 e. The summed E-state index contributed by atoms with van der Waals surface area (Å²) >= 11 is 0. The van der Waals surface area contributed by atoms with Gasteiger partial charge in [-0.1, -0.05) is 32.0 Å². The molecule has 1 aliphatic carbocycles. The largest absolute Gasteiger partial charge is 0.487 e. The van der Waals surface area contributed by atoms with E-state index in [1.165, 1.54) is 28.3 Å². The van der Waals surface area contributed by atoms with Crippen molar-refractivity contribution in [2.24, 2.45) is 0 Å². The van der Waals surface area contributed by atoms with Crippen molar-refractivity contribution in [3.63, 3.8) is 0 Å². The van der Waals surface area contributed by atoms with Crippen molar-refractivity contribution in [1.29, 1.82) is 0 Å². The molecule has 1 aliphatic rings. The van der Waals surface area contributed by atoms with Crippen LogP contribution in [0.1, 0.15) is 53.3 Å². The maximum atomic E-state index is 12.1. The zero-order chi connectivity index (χ0) is 25.1. The van der Waals surface area contributed by atoms with Crippen molar-refractivity contribution in [1.82, 2.24) is 15.3 Å². The Labute approximate surface area is 211 Å². The molecule has 2 aromatic carbocycles. The number of aryl methyl sites for hydroxylation is 2. The van der Waals surface area contributed by atoms with Crippen LogP contribution < -0.4 is 15.6 Å². The Bertz CT molecular complexity index is 1380. The number of fused-ring (bicyclic) bond motifs is 2. The molecule has 0 bridgehead atoms. The minimum absolute atomic E-state index is 0.206. The molecule has 4 aromatic rings. The quantitative estimate of drug-likeness (QED) is 0.328. The van der Waals surface area contributed by atoms with Crippen LogP contribution in [0.4, 0.5) is 0 Å². The van der Waals surface area contributed by atoms with Gasteiger partial charge in [-0.25, -0.2) is 0 Å². The zero-order valence-electron chi connectivity index (χ0n) is 20.9. The molecular formula is C30H33N3O3. The molecule has 2 aromatic heterocycles. The average Bonchev–Trinajstić information content (AvgIpc) is 3.31. The Hall–Kier alpha value is -3.48. The summed E-state index contributed by atoms with van der Waals surface area (Å²) in [5.41, 5.74) is 7.89. The molecule has 186 valence electrons. The summed E-state index contributed by atoms with van der Waals surface area (Å²) in [6, 6.07) is 15.8. The predicted molar refractivity (Wildman–Crippen MR) is 142 cm³/mol. The number of aliphatic hydroxyl groups is 1. The van der Waals surface area contributed by atoms with Crippen LogP contribution in [-0.4, -0.2) is 27.7 Å². The molecule has 2 heterocycles. The SMILES string of the molecule is CCc1cc2c(cc1CC)CC(NCC(O)c1ccc(OCc3ccncc3)c3[nH]c(=O)ccc13)C2. The van der Waals surface area contributed by atoms with Gasteiger partial charge in [-0.05, 0) is 83.3 Å². The molecule has 5 rings (SSSR count). The Morgan fingerprint density at radius 3 is 2.39 bits per heavy atom. The van der Waals surface area contributed by atoms with E-state index in [2.05, 4.69) is 41.3 Å². The van der Waals surface area contributed by atoms with Gasteiger partial charge in [-0.2, -0.15) is 0 Å². The molecule has 6 heteroatoms. The van der Waals surface area contributed by atoms with Crippen molar-refractivity contribution < 1.29 is 9.84 Å². The molecule has 1 atom stereocenters. The molecule has 0 amide bonds. The zero-order valence-corrected chi connectivity index (χ0v) is 20.9. The lowest BCUT2D eigenvalue weighted by atomic mass is 9.97. The van der Waals surface area contributed by atoms with Gasteiger partial charge in [0.2, 0.25) is 5.56 Å². The van der Waals surface area contributed by atoms with E-state index >= 15 is 0 Å². The summed E-state index contributed by atoms with van der Waals surface area (Å²) in [6.07, 6.45) is 6.81. The monoisotopic (exact) mass is 483 g/mol. The Morgan fingerprint density at radius 1 is 1.03 bits per heavy atom. The first-order chi connectivity index (χ1) is 17.6. The first-order valence-corrected chi connectivity index (χ1v) is 12.8. The van der Waals surface area contributed by atoms with E-state index in [9.17, 15) is 9.90 Å². The topological polar surface area (TPSA) is 87.2 Å². The van der Waals surface area contributed by atoms with Crippen LogP contribution in [0.25, 0.3) is 10.9 Å². The highest BCUT2D eigenvalue weighted by atomic mass is 16.5. The molecule has 1 unspecified atom stereocenters. The highest BCUT2D eigenvalue weighted by molar-refractivity contribution is 5.87. The fourth-order valence-corrected chi connectivity index (χ4v) is 5.26. The molecule has 0 fully saturated rings. The third kappa shape index (κ3) is 5.06. The van der Waals surface area contributed by atoms with Crippen LogP contribution in [0.5, 0.6) is 5.75 Å². The van der Waals surface area contributed by atoms with Crippen molar-refractivity contribution in [3.8, 4) is 5.75 Å². The number of rotatable bonds is 9. The molecule has 3 N–H and O–H groups in total. The number of pyridine rings is 2. The molecule has 0 radical (unpaired) electrons. The first-order valence-electron chi connectivity index (χ1n) is 12.8. The second-order valence-electron chi connectivity index (χ2n) is 9.53. The average molecular weight is 484 g/mol. The van der Waals surface area contributed by atoms with Crippen molar-refractivity contribution in [2.75, 3.05) is 6.54 Å². The van der Waals surface area contributed by atoms with Crippen molar-refractivity contribution >= 4 is 10.9 Å². The highest BCUT2D eigenvalue weighted by Crippen LogP contribution is 2.31. The van der Waals surface area contributed by atoms with E-state index in [-0.39, 0.29) is 5.56 Å². The molecule has 0 saturated heterocycles. The lowest BCUT2D eigenvalue weighted by Gasteiger charge is -2.19. The van der Waals surface area contributed by atoms with E-state index in [1.54, 1.807) is 18.5 Å². The van der Waals surface area contributed by atoms with Crippen LogP contribution in [0.3, 0.4) is 0 Å². The smallest absolute Gasteiger partial charge is 0.248 e. The number of nitrogens with zero attached hydrogens (tertiary/aromatic N) is 1. The van der Waals surface area contributed by atoms with Gasteiger partial charge in [-0.15, -0.1) is 0 Å². The Morgan fingerprint density at radius 2 is 1.72 bits per heavy atom. The molecule has 0 aliphatic heterocycles. The third-order valence-electron chi connectivity index (χ3n) is 7.21. The van der Waals surface area contributed by atoms with E-state index < -0.39 is 6.10 Å². The van der Waals surface area contributed by atoms with Gasteiger partial charge < -0.3 is 20.1 Å². The number of ether oxygens (including phenoxy) is 1. The number of hydrogen-bond acceptors (Lipinski definition) is 5. The lowest BCUT2D eigenvalue weighted by Crippen LogP contribution is -2.33. The van der Waals surface area contributed by atoms with Gasteiger partial charge >= 0.3 is 0 Å². The predicted octanol–water partition coefficient (Wildman–Crippen LogP) is 4.42. The molecule has 0 spiro atoms. The highest BCUT2D eigenvalue weighted by Gasteiger charge is 2.24. The van der Waals surface area contributed by atoms with E-state index in [0.29, 0.717) is 30.5 Å². The summed E-state index contributed by atoms with van der Waals surface area (Å²) in [5.74, 6) is 0.577. The Kier molecular flexibility index (Phi) is 7.16. The van der Waals surface area contributed by atoms with Crippen molar-refractivity contribution in [2.45, 2.75) is 58.3 Å². The number of hydrogen-bond donors (Lipinski definition) is 3. The van der Waals surface area contributed by atoms with E-state index in [4.69, 9.17) is 4.74 Å². The van der Waals surface area contributed by atoms with Gasteiger partial charge in [-0.3, -0.25) is 9.78 Å². The van der Waals surface area contributed by atoms with E-state index in [1.807, 2.05) is 24.3 Å². The van der Waals surface area contributed by atoms with E-state index in [0.717, 1.165) is 42.2 Å². The second kappa shape index (κ2) is 10.6. The number of aliphatic hydroxyl groups excluding tert-OH is 1. The second-order valence-corrected chi connectivity index (χ2v) is 9.53. The summed E-state index contributed by atoms with van der Waals surface area (Å²) in [4.78, 5) is 19.0. The van der Waals surface area contributed by atoms with Crippen LogP contribution in [0, 0.1) is 0 Å². The van der Waals surface area contributed by atoms with Gasteiger partial charge in [0.05, 0.1) is 11.6 Å². The van der Waals surface area contributed by atoms with Crippen LogP contribution in [0.2, 0.25) is 0 Å². The number of nitrogens with one attached hydrogen (secondary N) is 2. The molecular weight excluding hydrogens is 450 g/mol. The number of benzene rings is 2. The molecule has 0 saturated carbocycles. The van der Waals surface area contributed by atoms with Crippen LogP contribution >= 0.6 is 0 Å².